The van der Waals surface area contributed by atoms with Crippen LogP contribution in [0.25, 0.3) is 10.9 Å². The van der Waals surface area contributed by atoms with Crippen molar-refractivity contribution in [3.05, 3.63) is 34.6 Å². The summed E-state index contributed by atoms with van der Waals surface area (Å²) in [6, 6.07) is 7.86. The Morgan fingerprint density at radius 3 is 2.42 bits per heavy atom. The molecule has 0 aliphatic heterocycles. The van der Waals surface area contributed by atoms with Crippen LogP contribution in [-0.2, 0) is 13.1 Å². The van der Waals surface area contributed by atoms with Crippen molar-refractivity contribution >= 4 is 10.9 Å². The van der Waals surface area contributed by atoms with E-state index in [9.17, 15) is 4.79 Å². The van der Waals surface area contributed by atoms with E-state index in [0.29, 0.717) is 0 Å². The fourth-order valence-corrected chi connectivity index (χ4v) is 2.52. The maximum absolute atomic E-state index is 12.4. The van der Waals surface area contributed by atoms with Crippen LogP contribution in [-0.4, -0.2) is 41.5 Å². The normalized spacial score (nSPS) is 12.2. The van der Waals surface area contributed by atoms with E-state index in [2.05, 4.69) is 32.7 Å². The molecule has 0 unspecified atom stereocenters. The minimum absolute atomic E-state index is 0.138. The lowest BCUT2D eigenvalue weighted by atomic mass is 10.2. The number of aromatic nitrogens is 2. The zero-order valence-corrected chi connectivity index (χ0v) is 12.4. The number of benzene rings is 1. The van der Waals surface area contributed by atoms with E-state index < -0.39 is 0 Å². The lowest BCUT2D eigenvalue weighted by Gasteiger charge is -2.24. The molecular formula is C15H24N3O+. The number of quaternary nitrogens is 1. The highest BCUT2D eigenvalue weighted by Gasteiger charge is 2.12. The molecule has 0 atom stereocenters. The fraction of sp³-hybridized carbons (Fsp3) is 0.533. The summed E-state index contributed by atoms with van der Waals surface area (Å²) in [6.07, 6.45) is 1.01. The lowest BCUT2D eigenvalue weighted by Crippen LogP contribution is -2.36. The minimum Gasteiger partial charge on any atom is -0.331 e. The van der Waals surface area contributed by atoms with Crippen LogP contribution in [0.3, 0.4) is 0 Å². The van der Waals surface area contributed by atoms with Gasteiger partial charge in [0.05, 0.1) is 38.6 Å². The lowest BCUT2D eigenvalue weighted by molar-refractivity contribution is -0.870. The van der Waals surface area contributed by atoms with Crippen LogP contribution in [0.1, 0.15) is 13.3 Å². The first-order valence-electron chi connectivity index (χ1n) is 6.93. The molecule has 0 radical (unpaired) electrons. The summed E-state index contributed by atoms with van der Waals surface area (Å²) in [7, 11) is 6.54. The molecular weight excluding hydrogens is 238 g/mol. The van der Waals surface area contributed by atoms with Gasteiger partial charge < -0.3 is 4.48 Å². The molecule has 0 saturated heterocycles. The SMILES string of the molecule is CCn1c2ccccc2c(=O)n1CCC[N+](C)(C)C. The van der Waals surface area contributed by atoms with E-state index in [-0.39, 0.29) is 5.56 Å². The third kappa shape index (κ3) is 2.89. The van der Waals surface area contributed by atoms with E-state index in [0.717, 1.165) is 41.4 Å². The molecule has 0 saturated carbocycles. The zero-order valence-electron chi connectivity index (χ0n) is 12.4. The number of aryl methyl sites for hydroxylation is 1. The quantitative estimate of drug-likeness (QED) is 0.756. The molecule has 0 fully saturated rings. The molecule has 4 heteroatoms. The summed E-state index contributed by atoms with van der Waals surface area (Å²) in [4.78, 5) is 12.4. The summed E-state index contributed by atoms with van der Waals surface area (Å²) in [6.45, 7) is 4.77. The highest BCUT2D eigenvalue weighted by molar-refractivity contribution is 5.78. The van der Waals surface area contributed by atoms with Crippen molar-refractivity contribution in [1.29, 1.82) is 0 Å². The topological polar surface area (TPSA) is 26.9 Å². The van der Waals surface area contributed by atoms with Gasteiger partial charge in [0.15, 0.2) is 0 Å². The fourth-order valence-electron chi connectivity index (χ4n) is 2.52. The maximum Gasteiger partial charge on any atom is 0.274 e. The molecule has 0 N–H and O–H groups in total. The number of fused-ring (bicyclic) bond motifs is 1. The van der Waals surface area contributed by atoms with Crippen molar-refractivity contribution in [2.75, 3.05) is 27.7 Å². The van der Waals surface area contributed by atoms with E-state index in [4.69, 9.17) is 0 Å². The van der Waals surface area contributed by atoms with Gasteiger partial charge in [0.2, 0.25) is 0 Å². The minimum atomic E-state index is 0.138. The molecule has 0 amide bonds. The maximum atomic E-state index is 12.4. The van der Waals surface area contributed by atoms with Gasteiger partial charge >= 0.3 is 0 Å². The van der Waals surface area contributed by atoms with Crippen LogP contribution in [0, 0.1) is 0 Å². The highest BCUT2D eigenvalue weighted by atomic mass is 16.1. The first-order chi connectivity index (χ1) is 8.94. The van der Waals surface area contributed by atoms with Gasteiger partial charge in [0, 0.05) is 19.5 Å². The number of hydrogen-bond donors (Lipinski definition) is 0. The van der Waals surface area contributed by atoms with Gasteiger partial charge in [0.25, 0.3) is 5.56 Å². The molecule has 0 spiro atoms. The monoisotopic (exact) mass is 262 g/mol. The number of para-hydroxylation sites is 1. The van der Waals surface area contributed by atoms with E-state index in [1.807, 2.05) is 28.9 Å². The Balaban J connectivity index is 2.32. The van der Waals surface area contributed by atoms with Gasteiger partial charge in [-0.1, -0.05) is 12.1 Å². The Hall–Kier alpha value is -1.55. The molecule has 4 nitrogen and oxygen atoms in total. The standard InChI is InChI=1S/C15H24N3O/c1-5-16-14-10-7-6-9-13(14)15(19)17(16)11-8-12-18(2,3)4/h6-7,9-10H,5,8,11-12H2,1-4H3/q+1. The van der Waals surface area contributed by atoms with Gasteiger partial charge in [-0.3, -0.25) is 9.48 Å². The molecule has 0 aliphatic rings. The third-order valence-corrected chi connectivity index (χ3v) is 3.44. The summed E-state index contributed by atoms with van der Waals surface area (Å²) < 4.78 is 4.91. The molecule has 0 aliphatic carbocycles. The van der Waals surface area contributed by atoms with Crippen molar-refractivity contribution in [3.8, 4) is 0 Å². The number of nitrogens with zero attached hydrogens (tertiary/aromatic N) is 3. The van der Waals surface area contributed by atoms with Crippen molar-refractivity contribution < 1.29 is 4.48 Å². The van der Waals surface area contributed by atoms with E-state index in [1.165, 1.54) is 0 Å². The molecule has 1 aromatic heterocycles. The van der Waals surface area contributed by atoms with Crippen molar-refractivity contribution in [3.63, 3.8) is 0 Å². The van der Waals surface area contributed by atoms with Crippen LogP contribution in [0.15, 0.2) is 29.1 Å². The molecule has 19 heavy (non-hydrogen) atoms. The largest absolute Gasteiger partial charge is 0.331 e. The Morgan fingerprint density at radius 1 is 1.11 bits per heavy atom. The first-order valence-corrected chi connectivity index (χ1v) is 6.93. The highest BCUT2D eigenvalue weighted by Crippen LogP contribution is 2.11. The Morgan fingerprint density at radius 2 is 1.79 bits per heavy atom. The summed E-state index contributed by atoms with van der Waals surface area (Å²) in [5.41, 5.74) is 1.18. The average molecular weight is 262 g/mol. The second-order valence-corrected chi connectivity index (χ2v) is 6.03. The molecule has 1 heterocycles. The average Bonchev–Trinajstić information content (AvgIpc) is 2.62. The van der Waals surface area contributed by atoms with Crippen LogP contribution in [0.2, 0.25) is 0 Å². The molecule has 0 bridgehead atoms. The van der Waals surface area contributed by atoms with Gasteiger partial charge in [-0.2, -0.15) is 0 Å². The summed E-state index contributed by atoms with van der Waals surface area (Å²) in [5, 5.41) is 0.828. The predicted molar refractivity (Wildman–Crippen MR) is 79.4 cm³/mol. The molecule has 2 aromatic rings. The van der Waals surface area contributed by atoms with Crippen molar-refractivity contribution in [1.82, 2.24) is 9.36 Å². The summed E-state index contributed by atoms with van der Waals surface area (Å²) >= 11 is 0. The van der Waals surface area contributed by atoms with Gasteiger partial charge in [-0.05, 0) is 19.1 Å². The van der Waals surface area contributed by atoms with Crippen LogP contribution in [0.5, 0.6) is 0 Å². The Bertz CT molecular complexity index is 616. The zero-order chi connectivity index (χ0) is 14.0. The predicted octanol–water partition coefficient (Wildman–Crippen LogP) is 1.92. The van der Waals surface area contributed by atoms with Gasteiger partial charge in [-0.25, -0.2) is 4.68 Å². The molecule has 2 rings (SSSR count). The van der Waals surface area contributed by atoms with E-state index in [1.54, 1.807) is 0 Å². The number of rotatable bonds is 5. The first kappa shape index (κ1) is 13.9. The molecule has 1 aromatic carbocycles. The van der Waals surface area contributed by atoms with Gasteiger partial charge in [0.1, 0.15) is 0 Å². The van der Waals surface area contributed by atoms with Gasteiger partial charge in [-0.15, -0.1) is 0 Å². The van der Waals surface area contributed by atoms with Crippen molar-refractivity contribution in [2.45, 2.75) is 26.4 Å². The van der Waals surface area contributed by atoms with Crippen molar-refractivity contribution in [2.24, 2.45) is 0 Å². The van der Waals surface area contributed by atoms with Crippen LogP contribution in [0.4, 0.5) is 0 Å². The van der Waals surface area contributed by atoms with Crippen LogP contribution >= 0.6 is 0 Å². The Kier molecular flexibility index (Phi) is 3.80. The smallest absolute Gasteiger partial charge is 0.274 e. The summed E-state index contributed by atoms with van der Waals surface area (Å²) in [5.74, 6) is 0. The second-order valence-electron chi connectivity index (χ2n) is 6.03. The third-order valence-electron chi connectivity index (χ3n) is 3.44. The Labute approximate surface area is 114 Å². The number of hydrogen-bond acceptors (Lipinski definition) is 1. The van der Waals surface area contributed by atoms with Crippen LogP contribution < -0.4 is 5.56 Å². The molecule has 104 valence electrons. The van der Waals surface area contributed by atoms with E-state index >= 15 is 0 Å². The second kappa shape index (κ2) is 5.21.